The highest BCUT2D eigenvalue weighted by atomic mass is 31.2. The van der Waals surface area contributed by atoms with Crippen LogP contribution in [0.1, 0.15) is 29.3 Å². The SMILES string of the molecule is COC(=O)C(Cc1ccccc1)NP(=O)(NC(Cc1ccccc1)C(=O)OC)OCC1OC(n2cc(C)c(=O)[nH]c2=O)CC1F. The number of ether oxygens (including phenoxy) is 3. The summed E-state index contributed by atoms with van der Waals surface area (Å²) in [6.45, 7) is 0.898. The minimum Gasteiger partial charge on any atom is -0.468 e. The predicted octanol–water partition coefficient (Wildman–Crippen LogP) is 2.34. The largest absolute Gasteiger partial charge is 0.468 e. The van der Waals surface area contributed by atoms with Crippen molar-refractivity contribution in [1.82, 2.24) is 19.7 Å². The first kappa shape index (κ1) is 33.9. The number of nitrogens with one attached hydrogen (secondary N) is 3. The lowest BCUT2D eigenvalue weighted by Gasteiger charge is -2.29. The summed E-state index contributed by atoms with van der Waals surface area (Å²) in [7, 11) is -2.05. The Balaban J connectivity index is 1.60. The summed E-state index contributed by atoms with van der Waals surface area (Å²) in [5.74, 6) is -1.51. The molecule has 2 heterocycles. The van der Waals surface area contributed by atoms with Crippen LogP contribution in [0, 0.1) is 6.92 Å². The molecule has 0 spiro atoms. The number of esters is 2. The van der Waals surface area contributed by atoms with Crippen molar-refractivity contribution >= 4 is 19.6 Å². The summed E-state index contributed by atoms with van der Waals surface area (Å²) in [4.78, 5) is 52.0. The summed E-state index contributed by atoms with van der Waals surface area (Å²) in [5, 5.41) is 5.39. The van der Waals surface area contributed by atoms with Gasteiger partial charge < -0.3 is 18.7 Å². The van der Waals surface area contributed by atoms with Crippen LogP contribution >= 0.6 is 7.67 Å². The molecule has 0 amide bonds. The van der Waals surface area contributed by atoms with Crippen molar-refractivity contribution in [3.63, 3.8) is 0 Å². The molecule has 15 heteroatoms. The smallest absolute Gasteiger partial charge is 0.342 e. The van der Waals surface area contributed by atoms with Gasteiger partial charge in [-0.25, -0.2) is 19.4 Å². The van der Waals surface area contributed by atoms with Gasteiger partial charge in [0.1, 0.15) is 30.6 Å². The first-order valence-corrected chi connectivity index (χ1v) is 15.8. The molecule has 2 aromatic carbocycles. The minimum atomic E-state index is -4.40. The lowest BCUT2D eigenvalue weighted by molar-refractivity contribution is -0.143. The van der Waals surface area contributed by atoms with E-state index < -0.39 is 68.1 Å². The molecule has 1 aromatic heterocycles. The molecule has 5 unspecified atom stereocenters. The van der Waals surface area contributed by atoms with Crippen molar-refractivity contribution in [2.24, 2.45) is 0 Å². The molecule has 1 aliphatic heterocycles. The molecule has 1 fully saturated rings. The van der Waals surface area contributed by atoms with Crippen molar-refractivity contribution in [3.8, 4) is 0 Å². The third-order valence-electron chi connectivity index (χ3n) is 7.23. The van der Waals surface area contributed by atoms with Crippen LogP contribution in [0.5, 0.6) is 0 Å². The Hall–Kier alpha value is -3.94. The van der Waals surface area contributed by atoms with E-state index in [-0.39, 0.29) is 24.8 Å². The topological polar surface area (TPSA) is 167 Å². The molecule has 4 rings (SSSR count). The molecule has 3 N–H and O–H groups in total. The maximum Gasteiger partial charge on any atom is 0.342 e. The number of H-pyrrole nitrogens is 1. The standard InChI is InChI=1S/C30H36FN4O9P/c1-19-17-35(30(39)32-27(19)36)26-16-22(31)25(44-26)18-43-45(40,33-23(28(37)41-2)14-20-10-6-4-7-11-20)34-24(29(38)42-3)15-21-12-8-5-9-13-21/h4-13,17,22-26H,14-16,18H2,1-3H3,(H,32,36,39)(H2,33,34,40). The van der Waals surface area contributed by atoms with Crippen LogP contribution in [0.4, 0.5) is 4.39 Å². The number of carbonyl (C=O) groups excluding carboxylic acids is 2. The fourth-order valence-electron chi connectivity index (χ4n) is 4.86. The van der Waals surface area contributed by atoms with Gasteiger partial charge in [0.2, 0.25) is 0 Å². The van der Waals surface area contributed by atoms with Gasteiger partial charge in [0.15, 0.2) is 0 Å². The summed E-state index contributed by atoms with van der Waals surface area (Å²) in [6, 6.07) is 15.4. The van der Waals surface area contributed by atoms with E-state index in [0.29, 0.717) is 11.1 Å². The lowest BCUT2D eigenvalue weighted by atomic mass is 10.1. The second kappa shape index (κ2) is 15.4. The third-order valence-corrected chi connectivity index (χ3v) is 9.04. The molecule has 0 radical (unpaired) electrons. The van der Waals surface area contributed by atoms with Gasteiger partial charge in [0.25, 0.3) is 5.56 Å². The number of hydrogen-bond acceptors (Lipinski definition) is 9. The average Bonchev–Trinajstić information content (AvgIpc) is 3.41. The molecule has 13 nitrogen and oxygen atoms in total. The van der Waals surface area contributed by atoms with Crippen molar-refractivity contribution in [2.45, 2.75) is 56.8 Å². The number of rotatable bonds is 14. The zero-order chi connectivity index (χ0) is 32.6. The average molecular weight is 647 g/mol. The monoisotopic (exact) mass is 646 g/mol. The first-order valence-electron chi connectivity index (χ1n) is 14.2. The second-order valence-corrected chi connectivity index (χ2v) is 12.4. The Morgan fingerprint density at radius 3 is 1.98 bits per heavy atom. The summed E-state index contributed by atoms with van der Waals surface area (Å²) in [6.07, 6.45) is -2.89. The third kappa shape index (κ3) is 9.05. The quantitative estimate of drug-likeness (QED) is 0.174. The van der Waals surface area contributed by atoms with Gasteiger partial charge in [0, 0.05) is 18.2 Å². The van der Waals surface area contributed by atoms with E-state index in [1.807, 2.05) is 0 Å². The highest BCUT2D eigenvalue weighted by Crippen LogP contribution is 2.42. The van der Waals surface area contributed by atoms with E-state index in [1.165, 1.54) is 27.3 Å². The number of alkyl halides is 1. The molecule has 242 valence electrons. The van der Waals surface area contributed by atoms with Crippen LogP contribution in [0.25, 0.3) is 0 Å². The van der Waals surface area contributed by atoms with Crippen molar-refractivity contribution < 1.29 is 37.3 Å². The molecule has 1 aliphatic rings. The fraction of sp³-hybridized carbons (Fsp3) is 0.400. The number of aryl methyl sites for hydroxylation is 1. The zero-order valence-electron chi connectivity index (χ0n) is 25.0. The predicted molar refractivity (Wildman–Crippen MR) is 161 cm³/mol. The Kier molecular flexibility index (Phi) is 11.6. The molecular formula is C30H36FN4O9P. The number of benzene rings is 2. The van der Waals surface area contributed by atoms with Crippen molar-refractivity contribution in [3.05, 3.63) is 104 Å². The van der Waals surface area contributed by atoms with E-state index >= 15 is 4.39 Å². The van der Waals surface area contributed by atoms with Gasteiger partial charge in [-0.1, -0.05) is 60.7 Å². The second-order valence-electron chi connectivity index (χ2n) is 10.5. The molecule has 45 heavy (non-hydrogen) atoms. The van der Waals surface area contributed by atoms with Gasteiger partial charge in [-0.2, -0.15) is 0 Å². The van der Waals surface area contributed by atoms with Crippen LogP contribution in [0.3, 0.4) is 0 Å². The highest BCUT2D eigenvalue weighted by Gasteiger charge is 2.41. The molecule has 0 bridgehead atoms. The van der Waals surface area contributed by atoms with Gasteiger partial charge in [-0.05, 0) is 30.9 Å². The molecule has 5 atom stereocenters. The lowest BCUT2D eigenvalue weighted by Crippen LogP contribution is -2.46. The van der Waals surface area contributed by atoms with E-state index in [0.717, 1.165) is 4.57 Å². The molecule has 1 saturated heterocycles. The van der Waals surface area contributed by atoms with Crippen molar-refractivity contribution in [1.29, 1.82) is 0 Å². The van der Waals surface area contributed by atoms with E-state index in [2.05, 4.69) is 15.2 Å². The van der Waals surface area contributed by atoms with E-state index in [1.54, 1.807) is 60.7 Å². The van der Waals surface area contributed by atoms with Crippen LogP contribution in [0.2, 0.25) is 0 Å². The normalized spacial score (nSPS) is 20.6. The van der Waals surface area contributed by atoms with Crippen molar-refractivity contribution in [2.75, 3.05) is 20.8 Å². The number of aromatic amines is 1. The zero-order valence-corrected chi connectivity index (χ0v) is 25.9. The minimum absolute atomic E-state index is 0.0480. The van der Waals surface area contributed by atoms with Gasteiger partial charge >= 0.3 is 25.3 Å². The van der Waals surface area contributed by atoms with Gasteiger partial charge in [-0.15, -0.1) is 0 Å². The number of halogens is 1. The Morgan fingerprint density at radius 1 is 0.978 bits per heavy atom. The highest BCUT2D eigenvalue weighted by molar-refractivity contribution is 7.54. The summed E-state index contributed by atoms with van der Waals surface area (Å²) < 4.78 is 52.2. The van der Waals surface area contributed by atoms with Crippen LogP contribution in [0.15, 0.2) is 76.4 Å². The number of carbonyl (C=O) groups is 2. The van der Waals surface area contributed by atoms with Crippen LogP contribution < -0.4 is 21.4 Å². The Morgan fingerprint density at radius 2 is 1.49 bits per heavy atom. The maximum absolute atomic E-state index is 15.2. The van der Waals surface area contributed by atoms with E-state index in [4.69, 9.17) is 18.7 Å². The molecule has 0 aliphatic carbocycles. The number of aromatic nitrogens is 2. The van der Waals surface area contributed by atoms with Crippen LogP contribution in [-0.2, 0) is 45.7 Å². The van der Waals surface area contributed by atoms with Crippen LogP contribution in [-0.4, -0.2) is 66.7 Å². The van der Waals surface area contributed by atoms with E-state index in [9.17, 15) is 23.7 Å². The fourth-order valence-corrected chi connectivity index (χ4v) is 6.65. The molecule has 0 saturated carbocycles. The number of hydrogen-bond donors (Lipinski definition) is 3. The Labute approximate surface area is 258 Å². The number of nitrogens with zero attached hydrogens (tertiary/aromatic N) is 1. The summed E-state index contributed by atoms with van der Waals surface area (Å²) >= 11 is 0. The van der Waals surface area contributed by atoms with Gasteiger partial charge in [0.05, 0.1) is 20.8 Å². The molecule has 3 aromatic rings. The number of methoxy groups -OCH3 is 2. The first-order chi connectivity index (χ1) is 21.5. The van der Waals surface area contributed by atoms with Gasteiger partial charge in [-0.3, -0.25) is 28.5 Å². The summed E-state index contributed by atoms with van der Waals surface area (Å²) in [5.41, 5.74) is 0.310. The maximum atomic E-state index is 15.2. The Bertz CT molecular complexity index is 1550. The molecular weight excluding hydrogens is 610 g/mol.